The largest absolute Gasteiger partial charge is 0.343 e. The third-order valence-electron chi connectivity index (χ3n) is 4.44. The fourth-order valence-electron chi connectivity index (χ4n) is 2.99. The van der Waals surface area contributed by atoms with Crippen molar-refractivity contribution in [3.8, 4) is 0 Å². The van der Waals surface area contributed by atoms with E-state index in [0.29, 0.717) is 13.0 Å². The third kappa shape index (κ3) is 4.84. The predicted octanol–water partition coefficient (Wildman–Crippen LogP) is 2.57. The van der Waals surface area contributed by atoms with Crippen molar-refractivity contribution in [2.24, 2.45) is 0 Å². The van der Waals surface area contributed by atoms with Gasteiger partial charge < -0.3 is 16.0 Å². The van der Waals surface area contributed by atoms with Crippen LogP contribution in [0.4, 0.5) is 5.69 Å². The molecule has 2 aromatic carbocycles. The Labute approximate surface area is 160 Å². The van der Waals surface area contributed by atoms with Crippen molar-refractivity contribution in [1.29, 1.82) is 0 Å². The molecule has 1 aliphatic heterocycles. The summed E-state index contributed by atoms with van der Waals surface area (Å²) in [4.78, 5) is 24.8. The normalized spacial score (nSPS) is 16.6. The smallest absolute Gasteiger partial charge is 0.246 e. The molecule has 0 radical (unpaired) electrons. The highest BCUT2D eigenvalue weighted by molar-refractivity contribution is 5.97. The third-order valence-corrected chi connectivity index (χ3v) is 4.44. The molecule has 1 aliphatic rings. The molecule has 3 N–H and O–H groups in total. The molecule has 5 nitrogen and oxygen atoms in total. The first-order valence-corrected chi connectivity index (χ1v) is 8.51. The minimum Gasteiger partial charge on any atom is -0.343 e. The van der Waals surface area contributed by atoms with E-state index in [9.17, 15) is 9.59 Å². The van der Waals surface area contributed by atoms with Crippen molar-refractivity contribution in [3.05, 3.63) is 65.2 Å². The van der Waals surface area contributed by atoms with E-state index >= 15 is 0 Å². The summed E-state index contributed by atoms with van der Waals surface area (Å²) < 4.78 is 0. The summed E-state index contributed by atoms with van der Waals surface area (Å²) in [6.07, 6.45) is 0.633. The quantitative estimate of drug-likeness (QED) is 0.771. The topological polar surface area (TPSA) is 70.2 Å². The van der Waals surface area contributed by atoms with Gasteiger partial charge in [0.1, 0.15) is 6.04 Å². The van der Waals surface area contributed by atoms with Gasteiger partial charge in [0.2, 0.25) is 11.8 Å². The maximum absolute atomic E-state index is 12.5. The van der Waals surface area contributed by atoms with Crippen molar-refractivity contribution in [1.82, 2.24) is 10.6 Å². The van der Waals surface area contributed by atoms with E-state index in [1.54, 1.807) is 6.92 Å². The molecule has 0 saturated carbocycles. The lowest BCUT2D eigenvalue weighted by molar-refractivity contribution is -0.127. The minimum atomic E-state index is -0.605. The molecule has 6 heteroatoms. The van der Waals surface area contributed by atoms with Crippen LogP contribution in [0.2, 0.25) is 0 Å². The minimum absolute atomic E-state index is 0. The van der Waals surface area contributed by atoms with E-state index in [-0.39, 0.29) is 30.3 Å². The van der Waals surface area contributed by atoms with Crippen molar-refractivity contribution >= 4 is 29.9 Å². The Hall–Kier alpha value is -2.37. The van der Waals surface area contributed by atoms with Crippen molar-refractivity contribution < 1.29 is 9.59 Å². The van der Waals surface area contributed by atoms with Crippen molar-refractivity contribution in [3.63, 3.8) is 0 Å². The van der Waals surface area contributed by atoms with E-state index in [0.717, 1.165) is 11.3 Å². The molecule has 0 saturated heterocycles. The van der Waals surface area contributed by atoms with E-state index < -0.39 is 6.04 Å². The van der Waals surface area contributed by atoms with Crippen LogP contribution in [-0.2, 0) is 22.6 Å². The molecule has 0 aromatic heterocycles. The van der Waals surface area contributed by atoms with Gasteiger partial charge in [0.25, 0.3) is 0 Å². The second kappa shape index (κ2) is 8.83. The molecule has 3 rings (SSSR count). The van der Waals surface area contributed by atoms with Crippen LogP contribution >= 0.6 is 12.4 Å². The number of hydrogen-bond acceptors (Lipinski definition) is 3. The molecule has 2 aromatic rings. The Morgan fingerprint density at radius 3 is 2.58 bits per heavy atom. The highest BCUT2D eigenvalue weighted by atomic mass is 35.5. The van der Waals surface area contributed by atoms with Crippen LogP contribution in [0.5, 0.6) is 0 Å². The number of nitrogens with one attached hydrogen (secondary N) is 3. The molecule has 1 heterocycles. The molecule has 0 fully saturated rings. The van der Waals surface area contributed by atoms with E-state index in [1.807, 2.05) is 49.4 Å². The first-order chi connectivity index (χ1) is 12.0. The lowest BCUT2D eigenvalue weighted by Crippen LogP contribution is -2.52. The number of carbonyl (C=O) groups excluding carboxylic acids is 2. The fourth-order valence-corrected chi connectivity index (χ4v) is 2.99. The summed E-state index contributed by atoms with van der Waals surface area (Å²) in [5.41, 5.74) is 4.20. The molecule has 0 aliphatic carbocycles. The second-order valence-electron chi connectivity index (χ2n) is 6.50. The van der Waals surface area contributed by atoms with Crippen LogP contribution in [0.15, 0.2) is 48.5 Å². The molecule has 26 heavy (non-hydrogen) atoms. The van der Waals surface area contributed by atoms with Crippen LogP contribution in [0.25, 0.3) is 0 Å². The molecule has 2 atom stereocenters. The van der Waals surface area contributed by atoms with Crippen LogP contribution in [-0.4, -0.2) is 23.9 Å². The van der Waals surface area contributed by atoms with Gasteiger partial charge >= 0.3 is 0 Å². The number of hydrogen-bond donors (Lipinski definition) is 3. The van der Waals surface area contributed by atoms with Gasteiger partial charge in [0, 0.05) is 12.2 Å². The Morgan fingerprint density at radius 2 is 1.85 bits per heavy atom. The summed E-state index contributed by atoms with van der Waals surface area (Å²) in [5, 5.41) is 8.87. The number of anilines is 1. The van der Waals surface area contributed by atoms with Crippen LogP contribution in [0.1, 0.15) is 23.6 Å². The van der Waals surface area contributed by atoms with Gasteiger partial charge in [-0.15, -0.1) is 12.4 Å². The molecular weight excluding hydrogens is 350 g/mol. The van der Waals surface area contributed by atoms with E-state index in [4.69, 9.17) is 0 Å². The number of carbonyl (C=O) groups is 2. The molecule has 0 spiro atoms. The summed E-state index contributed by atoms with van der Waals surface area (Å²) in [5.74, 6) is -0.378. The predicted molar refractivity (Wildman–Crippen MR) is 105 cm³/mol. The molecular formula is C20H24ClN3O2. The number of halogens is 1. The van der Waals surface area contributed by atoms with Gasteiger partial charge in [-0.2, -0.15) is 0 Å². The Balaban J connectivity index is 0.00000243. The summed E-state index contributed by atoms with van der Waals surface area (Å²) in [6, 6.07) is 14.8. The van der Waals surface area contributed by atoms with Crippen molar-refractivity contribution in [2.45, 2.75) is 38.9 Å². The number of benzene rings is 2. The zero-order valence-electron chi connectivity index (χ0n) is 14.9. The number of aryl methyl sites for hydroxylation is 1. The summed E-state index contributed by atoms with van der Waals surface area (Å²) in [7, 11) is 0. The lowest BCUT2D eigenvalue weighted by Gasteiger charge is -2.26. The number of amides is 2. The standard InChI is InChI=1S/C20H23N3O2.ClH/c1-13-6-5-9-17(10-13)23-19(24)14(2)22-20(25)18-11-15-7-3-4-8-16(15)12-21-18;/h3-10,14,18,21H,11-12H2,1-2H3,(H,22,25)(H,23,24);1H. The highest BCUT2D eigenvalue weighted by Crippen LogP contribution is 2.16. The summed E-state index contributed by atoms with van der Waals surface area (Å²) in [6.45, 7) is 4.32. The zero-order chi connectivity index (χ0) is 17.8. The van der Waals surface area contributed by atoms with E-state index in [1.165, 1.54) is 11.1 Å². The first-order valence-electron chi connectivity index (χ1n) is 8.51. The van der Waals surface area contributed by atoms with Gasteiger partial charge in [-0.25, -0.2) is 0 Å². The Morgan fingerprint density at radius 1 is 1.12 bits per heavy atom. The average molecular weight is 374 g/mol. The van der Waals surface area contributed by atoms with Crippen LogP contribution < -0.4 is 16.0 Å². The number of fused-ring (bicyclic) bond motifs is 1. The Kier molecular flexibility index (Phi) is 6.77. The van der Waals surface area contributed by atoms with Gasteiger partial charge in [-0.05, 0) is 49.1 Å². The van der Waals surface area contributed by atoms with Gasteiger partial charge in [-0.1, -0.05) is 36.4 Å². The van der Waals surface area contributed by atoms with E-state index in [2.05, 4.69) is 22.0 Å². The lowest BCUT2D eigenvalue weighted by atomic mass is 9.95. The molecule has 2 amide bonds. The Bertz CT molecular complexity index is 794. The monoisotopic (exact) mass is 373 g/mol. The SMILES string of the molecule is Cc1cccc(NC(=O)C(C)NC(=O)C2Cc3ccccc3CN2)c1.Cl. The molecule has 2 unspecified atom stereocenters. The second-order valence-corrected chi connectivity index (χ2v) is 6.50. The maximum atomic E-state index is 12.5. The molecule has 0 bridgehead atoms. The van der Waals surface area contributed by atoms with Gasteiger partial charge in [0.15, 0.2) is 0 Å². The molecule has 138 valence electrons. The van der Waals surface area contributed by atoms with Crippen LogP contribution in [0.3, 0.4) is 0 Å². The average Bonchev–Trinajstić information content (AvgIpc) is 2.61. The first kappa shape index (κ1) is 19.9. The van der Waals surface area contributed by atoms with Crippen molar-refractivity contribution in [2.75, 3.05) is 5.32 Å². The van der Waals surface area contributed by atoms with Gasteiger partial charge in [0.05, 0.1) is 6.04 Å². The van der Waals surface area contributed by atoms with Gasteiger partial charge in [-0.3, -0.25) is 9.59 Å². The highest BCUT2D eigenvalue weighted by Gasteiger charge is 2.26. The fraction of sp³-hybridized carbons (Fsp3) is 0.300. The number of rotatable bonds is 4. The maximum Gasteiger partial charge on any atom is 0.246 e. The summed E-state index contributed by atoms with van der Waals surface area (Å²) >= 11 is 0. The van der Waals surface area contributed by atoms with Crippen LogP contribution in [0, 0.1) is 6.92 Å². The zero-order valence-corrected chi connectivity index (χ0v) is 15.7.